The second-order valence-corrected chi connectivity index (χ2v) is 5.77. The Labute approximate surface area is 101 Å². The number of carbonyl (C=O) groups is 1. The maximum Gasteiger partial charge on any atom is 0.307 e. The van der Waals surface area contributed by atoms with Crippen molar-refractivity contribution in [2.45, 2.75) is 31.6 Å². The van der Waals surface area contributed by atoms with Gasteiger partial charge in [0, 0.05) is 15.3 Å². The van der Waals surface area contributed by atoms with E-state index in [0.717, 1.165) is 30.2 Å². The standard InChI is InChI=1S/C11H13BrO2S/c12-9-5-6-15-10(9)7-3-1-2-4-8(7)11(13)14/h5-8H,1-4H2,(H,13,14). The first-order valence-electron chi connectivity index (χ1n) is 5.16. The lowest BCUT2D eigenvalue weighted by molar-refractivity contribution is -0.143. The summed E-state index contributed by atoms with van der Waals surface area (Å²) in [6.45, 7) is 0. The molecule has 0 saturated heterocycles. The topological polar surface area (TPSA) is 37.3 Å². The number of hydrogen-bond acceptors (Lipinski definition) is 2. The zero-order valence-corrected chi connectivity index (χ0v) is 10.7. The van der Waals surface area contributed by atoms with Gasteiger partial charge in [-0.3, -0.25) is 4.79 Å². The third kappa shape index (κ3) is 2.26. The Kier molecular flexibility index (Phi) is 3.46. The summed E-state index contributed by atoms with van der Waals surface area (Å²) in [5.41, 5.74) is 0. The van der Waals surface area contributed by atoms with E-state index in [9.17, 15) is 9.90 Å². The summed E-state index contributed by atoms with van der Waals surface area (Å²) >= 11 is 5.16. The molecule has 1 heterocycles. The lowest BCUT2D eigenvalue weighted by atomic mass is 9.78. The van der Waals surface area contributed by atoms with E-state index in [1.165, 1.54) is 4.88 Å². The summed E-state index contributed by atoms with van der Waals surface area (Å²) in [4.78, 5) is 12.4. The van der Waals surface area contributed by atoms with E-state index in [2.05, 4.69) is 15.9 Å². The second-order valence-electron chi connectivity index (χ2n) is 3.97. The molecule has 0 spiro atoms. The number of rotatable bonds is 2. The Morgan fingerprint density at radius 3 is 2.80 bits per heavy atom. The Morgan fingerprint density at radius 1 is 1.47 bits per heavy atom. The molecule has 0 aliphatic heterocycles. The van der Waals surface area contributed by atoms with Crippen molar-refractivity contribution in [3.8, 4) is 0 Å². The molecule has 2 nitrogen and oxygen atoms in total. The number of halogens is 1. The summed E-state index contributed by atoms with van der Waals surface area (Å²) in [5.74, 6) is -0.612. The number of aliphatic carboxylic acids is 1. The van der Waals surface area contributed by atoms with Crippen LogP contribution in [0.15, 0.2) is 15.9 Å². The van der Waals surface area contributed by atoms with Crippen LogP contribution >= 0.6 is 27.3 Å². The summed E-state index contributed by atoms with van der Waals surface area (Å²) < 4.78 is 1.07. The molecule has 1 N–H and O–H groups in total. The van der Waals surface area contributed by atoms with E-state index >= 15 is 0 Å². The SMILES string of the molecule is O=C(O)C1CCCCC1c1sccc1Br. The van der Waals surface area contributed by atoms with E-state index in [1.807, 2.05) is 11.4 Å². The molecule has 82 valence electrons. The summed E-state index contributed by atoms with van der Waals surface area (Å²) in [7, 11) is 0. The molecule has 0 aromatic carbocycles. The zero-order valence-electron chi connectivity index (χ0n) is 8.28. The molecule has 1 aromatic heterocycles. The lowest BCUT2D eigenvalue weighted by Gasteiger charge is -2.28. The van der Waals surface area contributed by atoms with E-state index in [0.29, 0.717) is 0 Å². The van der Waals surface area contributed by atoms with Gasteiger partial charge in [0.15, 0.2) is 0 Å². The van der Waals surface area contributed by atoms with Crippen molar-refractivity contribution in [2.75, 3.05) is 0 Å². The van der Waals surface area contributed by atoms with Gasteiger partial charge in [0.2, 0.25) is 0 Å². The summed E-state index contributed by atoms with van der Waals surface area (Å²) in [6.07, 6.45) is 4.04. The molecule has 1 aromatic rings. The predicted molar refractivity (Wildman–Crippen MR) is 64.4 cm³/mol. The number of thiophene rings is 1. The minimum absolute atomic E-state index is 0.186. The van der Waals surface area contributed by atoms with Crippen molar-refractivity contribution in [3.05, 3.63) is 20.8 Å². The quantitative estimate of drug-likeness (QED) is 0.897. The van der Waals surface area contributed by atoms with Crippen LogP contribution in [0.3, 0.4) is 0 Å². The van der Waals surface area contributed by atoms with Gasteiger partial charge in [0.1, 0.15) is 0 Å². The largest absolute Gasteiger partial charge is 0.481 e. The van der Waals surface area contributed by atoms with Gasteiger partial charge < -0.3 is 5.11 Å². The summed E-state index contributed by atoms with van der Waals surface area (Å²) in [5, 5.41) is 11.2. The number of hydrogen-bond donors (Lipinski definition) is 1. The van der Waals surface area contributed by atoms with Crippen molar-refractivity contribution >= 4 is 33.2 Å². The van der Waals surface area contributed by atoms with Gasteiger partial charge in [0.05, 0.1) is 5.92 Å². The highest BCUT2D eigenvalue weighted by Gasteiger charge is 2.33. The van der Waals surface area contributed by atoms with Gasteiger partial charge in [-0.05, 0) is 40.2 Å². The fourth-order valence-corrected chi connectivity index (χ4v) is 4.18. The van der Waals surface area contributed by atoms with Crippen LogP contribution in [0.1, 0.15) is 36.5 Å². The summed E-state index contributed by atoms with van der Waals surface area (Å²) in [6, 6.07) is 2.01. The zero-order chi connectivity index (χ0) is 10.8. The number of carboxylic acids is 1. The molecule has 0 amide bonds. The monoisotopic (exact) mass is 288 g/mol. The minimum Gasteiger partial charge on any atom is -0.481 e. The highest BCUT2D eigenvalue weighted by atomic mass is 79.9. The smallest absolute Gasteiger partial charge is 0.307 e. The second kappa shape index (κ2) is 4.66. The Hall–Kier alpha value is -0.350. The van der Waals surface area contributed by atoms with Crippen LogP contribution in [0, 0.1) is 5.92 Å². The van der Waals surface area contributed by atoms with Crippen LogP contribution in [0.4, 0.5) is 0 Å². The van der Waals surface area contributed by atoms with Crippen LogP contribution in [0.5, 0.6) is 0 Å². The molecule has 1 aliphatic carbocycles. The van der Waals surface area contributed by atoms with Crippen molar-refractivity contribution in [1.82, 2.24) is 0 Å². The molecule has 1 saturated carbocycles. The van der Waals surface area contributed by atoms with Crippen LogP contribution < -0.4 is 0 Å². The van der Waals surface area contributed by atoms with Gasteiger partial charge in [-0.15, -0.1) is 11.3 Å². The molecule has 0 bridgehead atoms. The molecule has 1 fully saturated rings. The maximum atomic E-state index is 11.2. The first kappa shape index (κ1) is 11.1. The molecular weight excluding hydrogens is 276 g/mol. The third-order valence-corrected chi connectivity index (χ3v) is 5.07. The van der Waals surface area contributed by atoms with E-state index in [4.69, 9.17) is 0 Å². The number of carboxylic acid groups (broad SMARTS) is 1. The molecule has 2 rings (SSSR count). The highest BCUT2D eigenvalue weighted by Crippen LogP contribution is 2.43. The minimum atomic E-state index is -0.639. The maximum absolute atomic E-state index is 11.2. The van der Waals surface area contributed by atoms with Gasteiger partial charge in [0.25, 0.3) is 0 Å². The van der Waals surface area contributed by atoms with Gasteiger partial charge in [-0.2, -0.15) is 0 Å². The Morgan fingerprint density at radius 2 is 2.20 bits per heavy atom. The fraction of sp³-hybridized carbons (Fsp3) is 0.545. The average Bonchev–Trinajstić information content (AvgIpc) is 2.64. The van der Waals surface area contributed by atoms with Crippen molar-refractivity contribution < 1.29 is 9.90 Å². The fourth-order valence-electron chi connectivity index (χ4n) is 2.31. The molecule has 2 unspecified atom stereocenters. The van der Waals surface area contributed by atoms with Gasteiger partial charge >= 0.3 is 5.97 Å². The van der Waals surface area contributed by atoms with Crippen LogP contribution in [-0.2, 0) is 4.79 Å². The van der Waals surface area contributed by atoms with Crippen LogP contribution in [0.2, 0.25) is 0 Å². The van der Waals surface area contributed by atoms with Gasteiger partial charge in [-0.25, -0.2) is 0 Å². The Bertz CT molecular complexity index is 361. The Balaban J connectivity index is 2.25. The van der Waals surface area contributed by atoms with Crippen molar-refractivity contribution in [2.24, 2.45) is 5.92 Å². The van der Waals surface area contributed by atoms with Crippen LogP contribution in [-0.4, -0.2) is 11.1 Å². The molecule has 15 heavy (non-hydrogen) atoms. The highest BCUT2D eigenvalue weighted by molar-refractivity contribution is 9.10. The first-order valence-corrected chi connectivity index (χ1v) is 6.83. The van der Waals surface area contributed by atoms with Crippen molar-refractivity contribution in [3.63, 3.8) is 0 Å². The molecule has 1 aliphatic rings. The van der Waals surface area contributed by atoms with E-state index in [-0.39, 0.29) is 11.8 Å². The lowest BCUT2D eigenvalue weighted by Crippen LogP contribution is -2.25. The first-order chi connectivity index (χ1) is 7.20. The molecular formula is C11H13BrO2S. The predicted octanol–water partition coefficient (Wildman–Crippen LogP) is 3.87. The average molecular weight is 289 g/mol. The van der Waals surface area contributed by atoms with Crippen LogP contribution in [0.25, 0.3) is 0 Å². The third-order valence-electron chi connectivity index (χ3n) is 3.06. The van der Waals surface area contributed by atoms with E-state index < -0.39 is 5.97 Å². The molecule has 4 heteroatoms. The van der Waals surface area contributed by atoms with Crippen molar-refractivity contribution in [1.29, 1.82) is 0 Å². The molecule has 0 radical (unpaired) electrons. The van der Waals surface area contributed by atoms with E-state index in [1.54, 1.807) is 11.3 Å². The molecule has 2 atom stereocenters. The van der Waals surface area contributed by atoms with Gasteiger partial charge in [-0.1, -0.05) is 12.8 Å². The normalized spacial score (nSPS) is 26.5.